The molecule has 1 atom stereocenters. The van der Waals surface area contributed by atoms with E-state index in [9.17, 15) is 0 Å². The molecule has 6 nitrogen and oxygen atoms in total. The monoisotopic (exact) mass is 315 g/mol. The summed E-state index contributed by atoms with van der Waals surface area (Å²) in [7, 11) is 1.71. The van der Waals surface area contributed by atoms with Gasteiger partial charge in [-0.2, -0.15) is 0 Å². The van der Waals surface area contributed by atoms with Crippen LogP contribution in [-0.4, -0.2) is 27.3 Å². The molecule has 124 valence electrons. The van der Waals surface area contributed by atoms with Crippen LogP contribution in [0.2, 0.25) is 0 Å². The van der Waals surface area contributed by atoms with Gasteiger partial charge in [0.1, 0.15) is 0 Å². The van der Waals surface area contributed by atoms with Crippen LogP contribution >= 0.6 is 0 Å². The number of ether oxygens (including phenoxy) is 1. The lowest BCUT2D eigenvalue weighted by molar-refractivity contribution is 0.185. The van der Waals surface area contributed by atoms with E-state index < -0.39 is 0 Å². The highest BCUT2D eigenvalue weighted by atomic mass is 16.5. The third kappa shape index (κ3) is 3.88. The van der Waals surface area contributed by atoms with Crippen LogP contribution in [0.1, 0.15) is 62.5 Å². The van der Waals surface area contributed by atoms with Gasteiger partial charge < -0.3 is 10.1 Å². The molecule has 1 saturated carbocycles. The first-order chi connectivity index (χ1) is 11.3. The van der Waals surface area contributed by atoms with Gasteiger partial charge in [0.25, 0.3) is 0 Å². The number of anilines is 1. The van der Waals surface area contributed by atoms with Crippen molar-refractivity contribution in [2.75, 3.05) is 12.4 Å². The standard InChI is InChI=1S/C17H25N5O/c1-13(18-15-8-6-7-14(11-15)12-23-2)17-19-20-21-22(17)16-9-4-3-5-10-16/h6-8,11,13,16,18H,3-5,9-10,12H2,1-2H3. The van der Waals surface area contributed by atoms with Gasteiger partial charge in [0.2, 0.25) is 0 Å². The maximum absolute atomic E-state index is 5.19. The van der Waals surface area contributed by atoms with E-state index >= 15 is 0 Å². The van der Waals surface area contributed by atoms with Crippen LogP contribution in [0.4, 0.5) is 5.69 Å². The van der Waals surface area contributed by atoms with Crippen molar-refractivity contribution in [3.05, 3.63) is 35.7 Å². The quantitative estimate of drug-likeness (QED) is 0.884. The molecule has 6 heteroatoms. The molecule has 0 amide bonds. The molecule has 1 N–H and O–H groups in total. The second-order valence-electron chi connectivity index (χ2n) is 6.27. The van der Waals surface area contributed by atoms with Crippen molar-refractivity contribution in [3.8, 4) is 0 Å². The van der Waals surface area contributed by atoms with Crippen LogP contribution in [0.5, 0.6) is 0 Å². The molecule has 1 aliphatic carbocycles. The lowest BCUT2D eigenvalue weighted by Crippen LogP contribution is -2.20. The second-order valence-corrected chi connectivity index (χ2v) is 6.27. The number of nitrogens with one attached hydrogen (secondary N) is 1. The fourth-order valence-electron chi connectivity index (χ4n) is 3.30. The number of aromatic nitrogens is 4. The third-order valence-electron chi connectivity index (χ3n) is 4.45. The topological polar surface area (TPSA) is 64.9 Å². The minimum absolute atomic E-state index is 0.0599. The summed E-state index contributed by atoms with van der Waals surface area (Å²) >= 11 is 0. The van der Waals surface area contributed by atoms with E-state index in [0.717, 1.165) is 17.1 Å². The molecule has 1 aromatic carbocycles. The van der Waals surface area contributed by atoms with Crippen LogP contribution < -0.4 is 5.32 Å². The molecule has 0 bridgehead atoms. The summed E-state index contributed by atoms with van der Waals surface area (Å²) in [5, 5.41) is 15.9. The Labute approximate surface area is 137 Å². The summed E-state index contributed by atoms with van der Waals surface area (Å²) in [5.74, 6) is 0.911. The van der Waals surface area contributed by atoms with E-state index in [2.05, 4.69) is 46.0 Å². The van der Waals surface area contributed by atoms with Gasteiger partial charge >= 0.3 is 0 Å². The summed E-state index contributed by atoms with van der Waals surface area (Å²) in [6.45, 7) is 2.72. The molecule has 2 aromatic rings. The number of hydrogen-bond donors (Lipinski definition) is 1. The Balaban J connectivity index is 1.72. The number of benzene rings is 1. The third-order valence-corrected chi connectivity index (χ3v) is 4.45. The van der Waals surface area contributed by atoms with Crippen LogP contribution in [0.15, 0.2) is 24.3 Å². The Morgan fingerprint density at radius 1 is 1.30 bits per heavy atom. The maximum Gasteiger partial charge on any atom is 0.173 e. The van der Waals surface area contributed by atoms with Crippen molar-refractivity contribution in [1.29, 1.82) is 0 Å². The van der Waals surface area contributed by atoms with Crippen molar-refractivity contribution < 1.29 is 4.74 Å². The van der Waals surface area contributed by atoms with Crippen molar-refractivity contribution in [2.24, 2.45) is 0 Å². The molecular formula is C17H25N5O. The first kappa shape index (κ1) is 15.9. The largest absolute Gasteiger partial charge is 0.380 e. The first-order valence-corrected chi connectivity index (χ1v) is 8.40. The molecule has 0 saturated heterocycles. The fourth-order valence-corrected chi connectivity index (χ4v) is 3.30. The molecule has 0 radical (unpaired) electrons. The maximum atomic E-state index is 5.19. The smallest absolute Gasteiger partial charge is 0.173 e. The molecule has 1 unspecified atom stereocenters. The molecule has 1 aromatic heterocycles. The molecule has 0 spiro atoms. The molecule has 1 fully saturated rings. The number of tetrazole rings is 1. The summed E-state index contributed by atoms with van der Waals surface area (Å²) < 4.78 is 7.22. The highest BCUT2D eigenvalue weighted by Gasteiger charge is 2.22. The highest BCUT2D eigenvalue weighted by molar-refractivity contribution is 5.46. The Morgan fingerprint density at radius 2 is 2.13 bits per heavy atom. The van der Waals surface area contributed by atoms with Gasteiger partial charge in [0, 0.05) is 12.8 Å². The first-order valence-electron chi connectivity index (χ1n) is 8.40. The predicted octanol–water partition coefficient (Wildman–Crippen LogP) is 3.50. The van der Waals surface area contributed by atoms with Gasteiger partial charge in [-0.1, -0.05) is 31.4 Å². The lowest BCUT2D eigenvalue weighted by atomic mass is 9.95. The Morgan fingerprint density at radius 3 is 2.91 bits per heavy atom. The van der Waals surface area contributed by atoms with Crippen LogP contribution in [-0.2, 0) is 11.3 Å². The molecule has 1 aliphatic rings. The molecular weight excluding hydrogens is 290 g/mol. The zero-order valence-corrected chi connectivity index (χ0v) is 13.9. The molecule has 23 heavy (non-hydrogen) atoms. The lowest BCUT2D eigenvalue weighted by Gasteiger charge is -2.24. The van der Waals surface area contributed by atoms with Gasteiger partial charge in [-0.05, 0) is 47.9 Å². The number of rotatable bonds is 6. The van der Waals surface area contributed by atoms with Crippen molar-refractivity contribution in [1.82, 2.24) is 20.2 Å². The highest BCUT2D eigenvalue weighted by Crippen LogP contribution is 2.29. The van der Waals surface area contributed by atoms with Gasteiger partial charge in [0.15, 0.2) is 5.82 Å². The van der Waals surface area contributed by atoms with E-state index in [0.29, 0.717) is 12.6 Å². The zero-order valence-electron chi connectivity index (χ0n) is 13.9. The van der Waals surface area contributed by atoms with Crippen LogP contribution in [0.3, 0.4) is 0 Å². The van der Waals surface area contributed by atoms with Gasteiger partial charge in [0.05, 0.1) is 18.7 Å². The van der Waals surface area contributed by atoms with E-state index in [-0.39, 0.29) is 6.04 Å². The molecule has 3 rings (SSSR count). The van der Waals surface area contributed by atoms with Crippen molar-refractivity contribution in [2.45, 2.75) is 57.7 Å². The number of nitrogens with zero attached hydrogens (tertiary/aromatic N) is 4. The molecule has 0 aliphatic heterocycles. The van der Waals surface area contributed by atoms with Crippen molar-refractivity contribution in [3.63, 3.8) is 0 Å². The van der Waals surface area contributed by atoms with E-state index in [1.165, 1.54) is 32.1 Å². The van der Waals surface area contributed by atoms with E-state index in [4.69, 9.17) is 4.74 Å². The van der Waals surface area contributed by atoms with Gasteiger partial charge in [-0.15, -0.1) is 5.10 Å². The zero-order chi connectivity index (χ0) is 16.1. The summed E-state index contributed by atoms with van der Waals surface area (Å²) in [5.41, 5.74) is 2.21. The van der Waals surface area contributed by atoms with E-state index in [1.54, 1.807) is 7.11 Å². The Bertz CT molecular complexity index is 621. The van der Waals surface area contributed by atoms with E-state index in [1.807, 2.05) is 10.7 Å². The average molecular weight is 315 g/mol. The van der Waals surface area contributed by atoms with Crippen LogP contribution in [0, 0.1) is 0 Å². The Hall–Kier alpha value is -1.95. The second kappa shape index (κ2) is 7.55. The number of methoxy groups -OCH3 is 1. The van der Waals surface area contributed by atoms with Crippen molar-refractivity contribution >= 4 is 5.69 Å². The summed E-state index contributed by atoms with van der Waals surface area (Å²) in [4.78, 5) is 0. The fraction of sp³-hybridized carbons (Fsp3) is 0.588. The summed E-state index contributed by atoms with van der Waals surface area (Å²) in [6.07, 6.45) is 6.21. The predicted molar refractivity (Wildman–Crippen MR) is 89.1 cm³/mol. The Kier molecular flexibility index (Phi) is 5.23. The summed E-state index contributed by atoms with van der Waals surface area (Å²) in [6, 6.07) is 8.76. The normalized spacial score (nSPS) is 17.1. The minimum Gasteiger partial charge on any atom is -0.380 e. The average Bonchev–Trinajstić information content (AvgIpc) is 3.06. The van der Waals surface area contributed by atoms with Gasteiger partial charge in [-0.25, -0.2) is 4.68 Å². The van der Waals surface area contributed by atoms with Crippen LogP contribution in [0.25, 0.3) is 0 Å². The molecule has 1 heterocycles. The van der Waals surface area contributed by atoms with Gasteiger partial charge in [-0.3, -0.25) is 0 Å². The SMILES string of the molecule is COCc1cccc(NC(C)c2nnnn2C2CCCCC2)c1. The minimum atomic E-state index is 0.0599. The number of hydrogen-bond acceptors (Lipinski definition) is 5.